The molecule has 1 aromatic carbocycles. The van der Waals surface area contributed by atoms with Gasteiger partial charge in [0, 0.05) is 12.4 Å². The lowest BCUT2D eigenvalue weighted by Gasteiger charge is -2.16. The highest BCUT2D eigenvalue weighted by Gasteiger charge is 2.11. The zero-order chi connectivity index (χ0) is 13.0. The lowest BCUT2D eigenvalue weighted by Crippen LogP contribution is -2.29. The molecule has 1 unspecified atom stereocenters. The summed E-state index contributed by atoms with van der Waals surface area (Å²) < 4.78 is 13.1. The van der Waals surface area contributed by atoms with Crippen molar-refractivity contribution >= 4 is 0 Å². The topological polar surface area (TPSA) is 50.9 Å². The van der Waals surface area contributed by atoms with Gasteiger partial charge in [0.05, 0.1) is 6.04 Å². The van der Waals surface area contributed by atoms with Crippen molar-refractivity contribution < 1.29 is 4.39 Å². The fourth-order valence-electron chi connectivity index (χ4n) is 1.94. The van der Waals surface area contributed by atoms with Crippen molar-refractivity contribution in [3.05, 3.63) is 65.2 Å². The van der Waals surface area contributed by atoms with E-state index in [2.05, 4.69) is 10.4 Å². The normalized spacial score (nSPS) is 12.4. The number of hydrazine groups is 1. The number of aryl methyl sites for hydroxylation is 1. The molecule has 3 N–H and O–H groups in total. The molecule has 0 aliphatic rings. The van der Waals surface area contributed by atoms with Crippen LogP contribution in [0.5, 0.6) is 0 Å². The molecular formula is C14H16FN3. The summed E-state index contributed by atoms with van der Waals surface area (Å²) in [4.78, 5) is 4.14. The summed E-state index contributed by atoms with van der Waals surface area (Å²) in [5.41, 5.74) is 5.73. The van der Waals surface area contributed by atoms with Gasteiger partial charge in [-0.15, -0.1) is 0 Å². The minimum Gasteiger partial charge on any atom is -0.271 e. The summed E-state index contributed by atoms with van der Waals surface area (Å²) in [5, 5.41) is 0. The van der Waals surface area contributed by atoms with E-state index in [0.717, 1.165) is 16.7 Å². The molecule has 0 radical (unpaired) electrons. The first-order valence-electron chi connectivity index (χ1n) is 5.81. The summed E-state index contributed by atoms with van der Waals surface area (Å²) in [6.45, 7) is 1.98. The van der Waals surface area contributed by atoms with Crippen molar-refractivity contribution in [2.24, 2.45) is 5.84 Å². The van der Waals surface area contributed by atoms with E-state index in [1.165, 1.54) is 12.1 Å². The maximum absolute atomic E-state index is 13.1. The van der Waals surface area contributed by atoms with Crippen LogP contribution in [0.1, 0.15) is 22.7 Å². The van der Waals surface area contributed by atoms with Gasteiger partial charge in [-0.25, -0.2) is 4.39 Å². The molecule has 0 spiro atoms. The highest BCUT2D eigenvalue weighted by molar-refractivity contribution is 5.24. The number of aromatic nitrogens is 1. The molecule has 2 rings (SSSR count). The summed E-state index contributed by atoms with van der Waals surface area (Å²) in [7, 11) is 0. The van der Waals surface area contributed by atoms with E-state index in [9.17, 15) is 4.39 Å². The van der Waals surface area contributed by atoms with Gasteiger partial charge >= 0.3 is 0 Å². The Morgan fingerprint density at radius 2 is 2.17 bits per heavy atom. The van der Waals surface area contributed by atoms with E-state index >= 15 is 0 Å². The largest absolute Gasteiger partial charge is 0.271 e. The molecular weight excluding hydrogens is 229 g/mol. The fourth-order valence-corrected chi connectivity index (χ4v) is 1.94. The smallest absolute Gasteiger partial charge is 0.123 e. The number of halogens is 1. The summed E-state index contributed by atoms with van der Waals surface area (Å²) in [6.07, 6.45) is 4.19. The first-order chi connectivity index (χ1) is 8.69. The molecule has 0 bridgehead atoms. The molecule has 1 aromatic heterocycles. The molecule has 2 aromatic rings. The summed E-state index contributed by atoms with van der Waals surface area (Å²) >= 11 is 0. The van der Waals surface area contributed by atoms with Crippen LogP contribution in [0.15, 0.2) is 42.7 Å². The number of nitrogens with zero attached hydrogens (tertiary/aromatic N) is 1. The number of benzene rings is 1. The molecule has 1 atom stereocenters. The van der Waals surface area contributed by atoms with Gasteiger partial charge in [0.2, 0.25) is 0 Å². The van der Waals surface area contributed by atoms with Crippen LogP contribution in [0, 0.1) is 12.7 Å². The average molecular weight is 245 g/mol. The zero-order valence-electron chi connectivity index (χ0n) is 10.2. The van der Waals surface area contributed by atoms with E-state index in [1.807, 2.05) is 19.1 Å². The van der Waals surface area contributed by atoms with Crippen molar-refractivity contribution in [1.29, 1.82) is 0 Å². The second-order valence-electron chi connectivity index (χ2n) is 4.35. The van der Waals surface area contributed by atoms with Gasteiger partial charge in [-0.3, -0.25) is 16.3 Å². The Labute approximate surface area is 106 Å². The van der Waals surface area contributed by atoms with Crippen LogP contribution < -0.4 is 11.3 Å². The molecule has 0 saturated heterocycles. The standard InChI is InChI=1S/C14H16FN3/c1-10-5-12(9-17-8-10)14(18-16)7-11-3-2-4-13(15)6-11/h2-6,8-9,14,18H,7,16H2,1H3. The zero-order valence-corrected chi connectivity index (χ0v) is 10.2. The van der Waals surface area contributed by atoms with Gasteiger partial charge in [0.15, 0.2) is 0 Å². The third kappa shape index (κ3) is 3.12. The monoisotopic (exact) mass is 245 g/mol. The Morgan fingerprint density at radius 1 is 1.33 bits per heavy atom. The molecule has 0 aliphatic carbocycles. The molecule has 0 saturated carbocycles. The Balaban J connectivity index is 2.19. The molecule has 18 heavy (non-hydrogen) atoms. The van der Waals surface area contributed by atoms with Crippen LogP contribution in [0.3, 0.4) is 0 Å². The van der Waals surface area contributed by atoms with Crippen LogP contribution in [0.4, 0.5) is 4.39 Å². The number of nitrogens with one attached hydrogen (secondary N) is 1. The SMILES string of the molecule is Cc1cncc(C(Cc2cccc(F)c2)NN)c1. The van der Waals surface area contributed by atoms with Crippen LogP contribution in [-0.2, 0) is 6.42 Å². The fraction of sp³-hybridized carbons (Fsp3) is 0.214. The van der Waals surface area contributed by atoms with E-state index in [1.54, 1.807) is 18.5 Å². The van der Waals surface area contributed by atoms with Crippen molar-refractivity contribution in [2.75, 3.05) is 0 Å². The molecule has 1 heterocycles. The lowest BCUT2D eigenvalue weighted by atomic mass is 10.00. The molecule has 0 aliphatic heterocycles. The predicted octanol–water partition coefficient (Wildman–Crippen LogP) is 2.28. The average Bonchev–Trinajstić information content (AvgIpc) is 2.36. The van der Waals surface area contributed by atoms with Crippen molar-refractivity contribution in [2.45, 2.75) is 19.4 Å². The van der Waals surface area contributed by atoms with E-state index < -0.39 is 0 Å². The molecule has 4 heteroatoms. The van der Waals surface area contributed by atoms with Crippen LogP contribution in [0.25, 0.3) is 0 Å². The van der Waals surface area contributed by atoms with Gasteiger partial charge in [-0.2, -0.15) is 0 Å². The third-order valence-electron chi connectivity index (χ3n) is 2.83. The summed E-state index contributed by atoms with van der Waals surface area (Å²) in [5.74, 6) is 5.34. The third-order valence-corrected chi connectivity index (χ3v) is 2.83. The van der Waals surface area contributed by atoms with Gasteiger partial charge in [-0.05, 0) is 42.2 Å². The van der Waals surface area contributed by atoms with Gasteiger partial charge in [0.25, 0.3) is 0 Å². The van der Waals surface area contributed by atoms with E-state index in [-0.39, 0.29) is 11.9 Å². The lowest BCUT2D eigenvalue weighted by molar-refractivity contribution is 0.546. The van der Waals surface area contributed by atoms with Crippen molar-refractivity contribution in [3.63, 3.8) is 0 Å². The number of hydrogen-bond acceptors (Lipinski definition) is 3. The Hall–Kier alpha value is -1.78. The predicted molar refractivity (Wildman–Crippen MR) is 69.1 cm³/mol. The first kappa shape index (κ1) is 12.7. The highest BCUT2D eigenvalue weighted by atomic mass is 19.1. The number of hydrogen-bond donors (Lipinski definition) is 2. The first-order valence-corrected chi connectivity index (χ1v) is 5.81. The quantitative estimate of drug-likeness (QED) is 0.642. The number of rotatable bonds is 4. The van der Waals surface area contributed by atoms with Crippen LogP contribution >= 0.6 is 0 Å². The number of nitrogens with two attached hydrogens (primary N) is 1. The van der Waals surface area contributed by atoms with Gasteiger partial charge in [-0.1, -0.05) is 18.2 Å². The summed E-state index contributed by atoms with van der Waals surface area (Å²) in [6, 6.07) is 8.50. The second-order valence-corrected chi connectivity index (χ2v) is 4.35. The van der Waals surface area contributed by atoms with Crippen molar-refractivity contribution in [3.8, 4) is 0 Å². The highest BCUT2D eigenvalue weighted by Crippen LogP contribution is 2.18. The minimum absolute atomic E-state index is 0.0702. The van der Waals surface area contributed by atoms with Gasteiger partial charge in [0.1, 0.15) is 5.82 Å². The Morgan fingerprint density at radius 3 is 2.83 bits per heavy atom. The van der Waals surface area contributed by atoms with Crippen molar-refractivity contribution in [1.82, 2.24) is 10.4 Å². The van der Waals surface area contributed by atoms with E-state index in [4.69, 9.17) is 5.84 Å². The molecule has 0 fully saturated rings. The minimum atomic E-state index is -0.231. The maximum atomic E-state index is 13.1. The molecule has 3 nitrogen and oxygen atoms in total. The second kappa shape index (κ2) is 5.71. The van der Waals surface area contributed by atoms with Gasteiger partial charge < -0.3 is 0 Å². The molecule has 0 amide bonds. The number of pyridine rings is 1. The van der Waals surface area contributed by atoms with Crippen LogP contribution in [-0.4, -0.2) is 4.98 Å². The molecule has 94 valence electrons. The Kier molecular flexibility index (Phi) is 4.02. The Bertz CT molecular complexity index is 528. The maximum Gasteiger partial charge on any atom is 0.123 e. The van der Waals surface area contributed by atoms with Crippen LogP contribution in [0.2, 0.25) is 0 Å². The van der Waals surface area contributed by atoms with E-state index in [0.29, 0.717) is 6.42 Å².